The summed E-state index contributed by atoms with van der Waals surface area (Å²) in [4.78, 5) is 30.3. The quantitative estimate of drug-likeness (QED) is 0.504. The van der Waals surface area contributed by atoms with Crippen molar-refractivity contribution in [3.63, 3.8) is 0 Å². The Bertz CT molecular complexity index is 1220. The van der Waals surface area contributed by atoms with Crippen LogP contribution in [0, 0.1) is 19.7 Å². The first-order valence-corrected chi connectivity index (χ1v) is 10.7. The molecule has 0 saturated heterocycles. The Morgan fingerprint density at radius 3 is 2.28 bits per heavy atom. The third kappa shape index (κ3) is 3.94. The molecule has 0 aliphatic carbocycles. The van der Waals surface area contributed by atoms with Crippen molar-refractivity contribution in [3.8, 4) is 0 Å². The fourth-order valence-electron chi connectivity index (χ4n) is 4.15. The van der Waals surface area contributed by atoms with E-state index in [0.29, 0.717) is 24.4 Å². The lowest BCUT2D eigenvalue weighted by Gasteiger charge is -2.25. The van der Waals surface area contributed by atoms with Crippen LogP contribution in [-0.2, 0) is 16.1 Å². The first-order valence-electron chi connectivity index (χ1n) is 10.7. The van der Waals surface area contributed by atoms with Gasteiger partial charge in [-0.25, -0.2) is 9.29 Å². The van der Waals surface area contributed by atoms with Gasteiger partial charge >= 0.3 is 0 Å². The SMILES string of the molecule is CCN(Cc1ccccc1)C1=C(c2ccc(C)cc2C)C(=O)N(c2cccc(F)c2)C1=O. The van der Waals surface area contributed by atoms with Gasteiger partial charge in [0.25, 0.3) is 11.8 Å². The molecule has 1 aliphatic rings. The van der Waals surface area contributed by atoms with E-state index in [2.05, 4.69) is 0 Å². The smallest absolute Gasteiger partial charge is 0.282 e. The Hall–Kier alpha value is -3.73. The van der Waals surface area contributed by atoms with Crippen LogP contribution in [-0.4, -0.2) is 23.3 Å². The standard InChI is InChI=1S/C27H25FN2O2/c1-4-29(17-20-9-6-5-7-10-20)25-24(23-14-13-18(2)15-19(23)3)26(31)30(27(25)32)22-12-8-11-21(28)16-22/h5-16H,4,17H2,1-3H3. The molecule has 4 nitrogen and oxygen atoms in total. The van der Waals surface area contributed by atoms with E-state index in [1.54, 1.807) is 6.07 Å². The van der Waals surface area contributed by atoms with Crippen molar-refractivity contribution in [1.82, 2.24) is 4.90 Å². The van der Waals surface area contributed by atoms with Gasteiger partial charge in [-0.3, -0.25) is 9.59 Å². The van der Waals surface area contributed by atoms with Crippen molar-refractivity contribution >= 4 is 23.1 Å². The third-order valence-corrected chi connectivity index (χ3v) is 5.69. The van der Waals surface area contributed by atoms with Crippen LogP contribution in [0.5, 0.6) is 0 Å². The molecule has 0 N–H and O–H groups in total. The zero-order chi connectivity index (χ0) is 22.8. The van der Waals surface area contributed by atoms with Crippen molar-refractivity contribution in [2.24, 2.45) is 0 Å². The fourth-order valence-corrected chi connectivity index (χ4v) is 4.15. The highest BCUT2D eigenvalue weighted by atomic mass is 19.1. The first kappa shape index (κ1) is 21.5. The van der Waals surface area contributed by atoms with E-state index in [1.165, 1.54) is 18.2 Å². The van der Waals surface area contributed by atoms with Crippen LogP contribution in [0.25, 0.3) is 5.57 Å². The Balaban J connectivity index is 1.87. The number of nitrogens with zero attached hydrogens (tertiary/aromatic N) is 2. The second-order valence-corrected chi connectivity index (χ2v) is 7.97. The topological polar surface area (TPSA) is 40.6 Å². The van der Waals surface area contributed by atoms with E-state index < -0.39 is 17.6 Å². The van der Waals surface area contributed by atoms with E-state index in [4.69, 9.17) is 0 Å². The molecule has 0 saturated carbocycles. The van der Waals surface area contributed by atoms with Crippen molar-refractivity contribution < 1.29 is 14.0 Å². The minimum absolute atomic E-state index is 0.230. The van der Waals surface area contributed by atoms with Gasteiger partial charge in [-0.2, -0.15) is 0 Å². The number of hydrogen-bond donors (Lipinski definition) is 0. The number of anilines is 1. The highest BCUT2D eigenvalue weighted by molar-refractivity contribution is 6.45. The second-order valence-electron chi connectivity index (χ2n) is 7.97. The Morgan fingerprint density at radius 1 is 0.875 bits per heavy atom. The normalized spacial score (nSPS) is 13.8. The van der Waals surface area contributed by atoms with E-state index in [0.717, 1.165) is 27.2 Å². The number of carbonyl (C=O) groups is 2. The molecule has 0 bridgehead atoms. The predicted molar refractivity (Wildman–Crippen MR) is 124 cm³/mol. The lowest BCUT2D eigenvalue weighted by atomic mass is 9.97. The number of aryl methyl sites for hydroxylation is 2. The summed E-state index contributed by atoms with van der Waals surface area (Å²) in [6.45, 7) is 6.90. The number of rotatable bonds is 6. The minimum Gasteiger partial charge on any atom is -0.362 e. The maximum absolute atomic E-state index is 13.9. The van der Waals surface area contributed by atoms with Crippen molar-refractivity contribution in [1.29, 1.82) is 0 Å². The van der Waals surface area contributed by atoms with Gasteiger partial charge < -0.3 is 4.90 Å². The van der Waals surface area contributed by atoms with Gasteiger partial charge in [0, 0.05) is 13.1 Å². The van der Waals surface area contributed by atoms with Gasteiger partial charge in [-0.05, 0) is 55.7 Å². The van der Waals surface area contributed by atoms with Crippen LogP contribution in [0.3, 0.4) is 0 Å². The van der Waals surface area contributed by atoms with Gasteiger partial charge in [0.05, 0.1) is 11.3 Å². The number of amides is 2. The molecule has 2 amide bonds. The first-order chi connectivity index (χ1) is 15.4. The molecule has 0 radical (unpaired) electrons. The number of benzene rings is 3. The average molecular weight is 429 g/mol. The molecule has 0 atom stereocenters. The molecule has 5 heteroatoms. The molecule has 1 aliphatic heterocycles. The number of carbonyl (C=O) groups excluding carboxylic acids is 2. The molecule has 0 unspecified atom stereocenters. The Morgan fingerprint density at radius 2 is 1.62 bits per heavy atom. The molecule has 0 fully saturated rings. The molecular formula is C27H25FN2O2. The molecule has 0 aromatic heterocycles. The lowest BCUT2D eigenvalue weighted by Crippen LogP contribution is -2.35. The maximum Gasteiger partial charge on any atom is 0.282 e. The summed E-state index contributed by atoms with van der Waals surface area (Å²) in [5.74, 6) is -1.37. The number of likely N-dealkylation sites (N-methyl/N-ethyl adjacent to an activating group) is 1. The van der Waals surface area contributed by atoms with Gasteiger partial charge in [0.2, 0.25) is 0 Å². The summed E-state index contributed by atoms with van der Waals surface area (Å²) < 4.78 is 13.9. The minimum atomic E-state index is -0.499. The number of imide groups is 1. The molecule has 3 aromatic rings. The summed E-state index contributed by atoms with van der Waals surface area (Å²) in [5, 5.41) is 0. The maximum atomic E-state index is 13.9. The monoisotopic (exact) mass is 428 g/mol. The Kier molecular flexibility index (Phi) is 5.91. The van der Waals surface area contributed by atoms with E-state index in [1.807, 2.05) is 74.2 Å². The highest BCUT2D eigenvalue weighted by Crippen LogP contribution is 2.36. The lowest BCUT2D eigenvalue weighted by molar-refractivity contribution is -0.120. The van der Waals surface area contributed by atoms with Crippen LogP contribution < -0.4 is 4.90 Å². The second kappa shape index (κ2) is 8.79. The third-order valence-electron chi connectivity index (χ3n) is 5.69. The van der Waals surface area contributed by atoms with Gasteiger partial charge in [0.1, 0.15) is 11.5 Å². The van der Waals surface area contributed by atoms with Crippen LogP contribution in [0.2, 0.25) is 0 Å². The predicted octanol–water partition coefficient (Wildman–Crippen LogP) is 5.25. The Labute approximate surface area is 187 Å². The molecule has 0 spiro atoms. The van der Waals surface area contributed by atoms with Crippen LogP contribution >= 0.6 is 0 Å². The molecular weight excluding hydrogens is 403 g/mol. The average Bonchev–Trinajstić information content (AvgIpc) is 3.03. The van der Waals surface area contributed by atoms with E-state index in [-0.39, 0.29) is 5.69 Å². The highest BCUT2D eigenvalue weighted by Gasteiger charge is 2.42. The van der Waals surface area contributed by atoms with Crippen molar-refractivity contribution in [2.45, 2.75) is 27.3 Å². The summed E-state index contributed by atoms with van der Waals surface area (Å²) in [6, 6.07) is 21.2. The summed E-state index contributed by atoms with van der Waals surface area (Å²) >= 11 is 0. The van der Waals surface area contributed by atoms with E-state index in [9.17, 15) is 14.0 Å². The van der Waals surface area contributed by atoms with Crippen LogP contribution in [0.1, 0.15) is 29.2 Å². The summed E-state index contributed by atoms with van der Waals surface area (Å²) in [6.07, 6.45) is 0. The van der Waals surface area contributed by atoms with Crippen molar-refractivity contribution in [2.75, 3.05) is 11.4 Å². The number of hydrogen-bond acceptors (Lipinski definition) is 3. The van der Waals surface area contributed by atoms with E-state index >= 15 is 0 Å². The molecule has 1 heterocycles. The summed E-state index contributed by atoms with van der Waals surface area (Å²) in [5.41, 5.74) is 4.67. The zero-order valence-corrected chi connectivity index (χ0v) is 18.4. The molecule has 32 heavy (non-hydrogen) atoms. The molecule has 162 valence electrons. The molecule has 3 aromatic carbocycles. The van der Waals surface area contributed by atoms with Crippen LogP contribution in [0.15, 0.2) is 78.5 Å². The van der Waals surface area contributed by atoms with Gasteiger partial charge in [-0.15, -0.1) is 0 Å². The largest absolute Gasteiger partial charge is 0.362 e. The zero-order valence-electron chi connectivity index (χ0n) is 18.4. The summed E-state index contributed by atoms with van der Waals surface area (Å²) in [7, 11) is 0. The van der Waals surface area contributed by atoms with Crippen molar-refractivity contribution in [3.05, 3.63) is 107 Å². The molecule has 4 rings (SSSR count). The van der Waals surface area contributed by atoms with Gasteiger partial charge in [-0.1, -0.05) is 60.2 Å². The van der Waals surface area contributed by atoms with Gasteiger partial charge in [0.15, 0.2) is 0 Å². The number of halogens is 1. The van der Waals surface area contributed by atoms with Crippen LogP contribution in [0.4, 0.5) is 10.1 Å². The fraction of sp³-hybridized carbons (Fsp3) is 0.185.